The third-order valence-corrected chi connectivity index (χ3v) is 13.8. The van der Waals surface area contributed by atoms with Crippen LogP contribution in [-0.4, -0.2) is 78.2 Å². The maximum absolute atomic E-state index is 14.3. The van der Waals surface area contributed by atoms with Gasteiger partial charge in [-0.05, 0) is 50.1 Å². The third-order valence-electron chi connectivity index (χ3n) is 13.6. The van der Waals surface area contributed by atoms with Crippen LogP contribution < -0.4 is 11.1 Å². The molecule has 4 aromatic rings. The second-order valence-corrected chi connectivity index (χ2v) is 19.0. The van der Waals surface area contributed by atoms with Crippen molar-refractivity contribution in [1.29, 1.82) is 0 Å². The minimum atomic E-state index is -0.919. The van der Waals surface area contributed by atoms with Crippen LogP contribution in [0.15, 0.2) is 12.7 Å². The summed E-state index contributed by atoms with van der Waals surface area (Å²) in [5.74, 6) is 5.76. The topological polar surface area (TPSA) is 178 Å². The molecule has 2 aliphatic heterocycles. The van der Waals surface area contributed by atoms with Crippen LogP contribution in [0.2, 0.25) is 0 Å². The second-order valence-electron chi connectivity index (χ2n) is 18.6. The first-order chi connectivity index (χ1) is 33.2. The number of amides is 1. The lowest BCUT2D eigenvalue weighted by Gasteiger charge is -2.25. The van der Waals surface area contributed by atoms with Crippen LogP contribution >= 0.6 is 11.6 Å². The van der Waals surface area contributed by atoms with E-state index < -0.39 is 29.6 Å². The van der Waals surface area contributed by atoms with E-state index in [1.807, 2.05) is 20.8 Å². The summed E-state index contributed by atoms with van der Waals surface area (Å²) in [5.41, 5.74) is 5.69. The van der Waals surface area contributed by atoms with Crippen molar-refractivity contribution in [2.75, 3.05) is 11.1 Å². The van der Waals surface area contributed by atoms with E-state index in [4.69, 9.17) is 39.7 Å². The zero-order valence-electron chi connectivity index (χ0n) is 43.2. The van der Waals surface area contributed by atoms with Gasteiger partial charge in [-0.3, -0.25) is 18.7 Å². The van der Waals surface area contributed by atoms with E-state index in [1.54, 1.807) is 15.5 Å². The maximum atomic E-state index is 14.3. The molecule has 14 nitrogen and oxygen atoms in total. The van der Waals surface area contributed by atoms with Crippen molar-refractivity contribution < 1.29 is 27.8 Å². The molecule has 3 N–H and O–H groups in total. The Morgan fingerprint density at radius 3 is 1.48 bits per heavy atom. The first-order valence-electron chi connectivity index (χ1n) is 25.6. The van der Waals surface area contributed by atoms with E-state index in [9.17, 15) is 18.4 Å². The highest BCUT2D eigenvalue weighted by Crippen LogP contribution is 2.45. The summed E-state index contributed by atoms with van der Waals surface area (Å²) in [4.78, 5) is 46.4. The molecule has 0 aliphatic carbocycles. The van der Waals surface area contributed by atoms with Crippen LogP contribution in [0, 0.1) is 48.7 Å². The van der Waals surface area contributed by atoms with Gasteiger partial charge in [-0.2, -0.15) is 28.7 Å². The number of terminal acetylenes is 2. The number of aromatic nitrogens is 8. The average Bonchev–Trinajstić information content (AvgIpc) is 4.11. The first-order valence-corrected chi connectivity index (χ1v) is 25.9. The molecule has 0 aromatic carbocycles. The number of halogens is 3. The van der Waals surface area contributed by atoms with Gasteiger partial charge in [-0.25, -0.2) is 9.97 Å². The lowest BCUT2D eigenvalue weighted by Crippen LogP contribution is -2.31. The molecule has 2 fully saturated rings. The zero-order valence-corrected chi connectivity index (χ0v) is 43.9. The molecule has 386 valence electrons. The van der Waals surface area contributed by atoms with E-state index in [-0.39, 0.29) is 63.3 Å². The van der Waals surface area contributed by atoms with E-state index in [2.05, 4.69) is 67.8 Å². The number of unbranched alkanes of at least 4 members (excludes halogenated alkanes) is 16. The van der Waals surface area contributed by atoms with Gasteiger partial charge < -0.3 is 20.5 Å². The van der Waals surface area contributed by atoms with Gasteiger partial charge in [0, 0.05) is 41.5 Å². The normalized spacial score (nSPS) is 21.2. The number of nitrogen functional groups attached to an aromatic ring is 1. The summed E-state index contributed by atoms with van der Waals surface area (Å²) in [7, 11) is 0. The van der Waals surface area contributed by atoms with Crippen molar-refractivity contribution in [2.24, 2.45) is 11.8 Å². The number of ether oxygens (including phenoxy) is 2. The Hall–Kier alpha value is -4.64. The molecular weight excluding hydrogens is 924 g/mol. The van der Waals surface area contributed by atoms with Crippen LogP contribution in [-0.2, 0) is 19.1 Å². The molecule has 2 aliphatic rings. The molecule has 2 saturated heterocycles. The van der Waals surface area contributed by atoms with Crippen LogP contribution in [0.4, 0.5) is 20.4 Å². The lowest BCUT2D eigenvalue weighted by molar-refractivity contribution is -0.116. The van der Waals surface area contributed by atoms with Crippen LogP contribution in [0.25, 0.3) is 22.3 Å². The monoisotopic (exact) mass is 1000 g/mol. The van der Waals surface area contributed by atoms with Crippen molar-refractivity contribution in [3.8, 4) is 24.7 Å². The van der Waals surface area contributed by atoms with Crippen molar-refractivity contribution in [1.82, 2.24) is 39.0 Å². The number of carbonyl (C=O) groups is 2. The highest BCUT2D eigenvalue weighted by atomic mass is 35.5. The molecule has 71 heavy (non-hydrogen) atoms. The van der Waals surface area contributed by atoms with Gasteiger partial charge in [0.2, 0.25) is 11.1 Å². The summed E-state index contributed by atoms with van der Waals surface area (Å²) in [6, 6.07) is 0. The lowest BCUT2D eigenvalue weighted by atomic mass is 9.87. The predicted molar refractivity (Wildman–Crippen MR) is 281 cm³/mol. The minimum absolute atomic E-state index is 0. The van der Waals surface area contributed by atoms with Gasteiger partial charge >= 0.3 is 12.2 Å². The Balaban J connectivity index is 0.000000399. The van der Waals surface area contributed by atoms with Crippen molar-refractivity contribution in [2.45, 2.75) is 219 Å². The Kier molecular flexibility index (Phi) is 27.9. The molecule has 19 heteroatoms. The number of anilines is 2. The Labute approximate surface area is 430 Å². The molecule has 0 unspecified atom stereocenters. The molecule has 0 saturated carbocycles. The fourth-order valence-corrected chi connectivity index (χ4v) is 9.37. The second kappa shape index (κ2) is 31.7. The Bertz CT molecular complexity index is 2330. The highest BCUT2D eigenvalue weighted by Gasteiger charge is 2.46. The van der Waals surface area contributed by atoms with Gasteiger partial charge in [0.05, 0.1) is 12.7 Å². The minimum Gasteiger partial charge on any atom is -0.382 e. The van der Waals surface area contributed by atoms with E-state index in [0.29, 0.717) is 55.2 Å². The van der Waals surface area contributed by atoms with E-state index in [1.165, 1.54) is 89.8 Å². The van der Waals surface area contributed by atoms with Crippen LogP contribution in [0.5, 0.6) is 0 Å². The molecular formula is C52H77B2ClF2N10O4. The van der Waals surface area contributed by atoms with Crippen LogP contribution in [0.3, 0.4) is 0 Å². The first kappa shape index (κ1) is 62.5. The quantitative estimate of drug-likeness (QED) is 0.0212. The summed E-state index contributed by atoms with van der Waals surface area (Å²) in [6.07, 6.45) is 37.7. The molecule has 6 heterocycles. The number of hydrogen-bond donors (Lipinski definition) is 2. The fourth-order valence-electron chi connectivity index (χ4n) is 9.24. The summed E-state index contributed by atoms with van der Waals surface area (Å²) in [5, 5.41) is 2.54. The van der Waals surface area contributed by atoms with Gasteiger partial charge in [-0.1, -0.05) is 156 Å². The number of carbonyl (C=O) groups excluding carboxylic acids is 2. The Morgan fingerprint density at radius 1 is 0.676 bits per heavy atom. The molecule has 6 rings (SSSR count). The standard InChI is InChI=1S/C26H38FN5O2.C14H16FN5O.C12H23ClO.2B/c1-5-8-9-10-11-12-13-14-15-16-20(33)29-23-22-24(31-25(27)30-23)32(18-28-22)21-17-19(4)26(6-2,7-3)34-21;1-4-14(5-2)8(3)6-9(21-14)20-7-17-10-11(16)18-13(15)19-12(10)20;1-2-3-4-5-6-7-8-9-10-11-12(13)14;;/h2,18-19,21H,5,7-17H2,1,3-4H3,(H,29,30,31,33);1,7-9H,5-6H2,2-3H3,(H2,16,18,19);2-11H2,1H3;;/t19-,21+,26+;8-,9+,14+;;;/m00.../s1. The number of nitrogens with one attached hydrogen (secondary N) is 1. The number of rotatable bonds is 25. The molecule has 0 spiro atoms. The molecule has 0 bridgehead atoms. The third kappa shape index (κ3) is 17.8. The fraction of sp³-hybridized carbons (Fsp3) is 0.692. The molecule has 6 atom stereocenters. The smallest absolute Gasteiger partial charge is 0.312 e. The summed E-state index contributed by atoms with van der Waals surface area (Å²) in [6.45, 7) is 12.5. The molecule has 6 radical (unpaired) electrons. The van der Waals surface area contributed by atoms with E-state index in [0.717, 1.165) is 32.1 Å². The Morgan fingerprint density at radius 2 is 1.07 bits per heavy atom. The number of hydrogen-bond acceptors (Lipinski definition) is 11. The largest absolute Gasteiger partial charge is 0.382 e. The summed E-state index contributed by atoms with van der Waals surface area (Å²) >= 11 is 5.24. The highest BCUT2D eigenvalue weighted by molar-refractivity contribution is 6.63. The number of fused-ring (bicyclic) bond motifs is 2. The number of nitrogens with zero attached hydrogens (tertiary/aromatic N) is 8. The summed E-state index contributed by atoms with van der Waals surface area (Å²) < 4.78 is 43.3. The van der Waals surface area contributed by atoms with Gasteiger partial charge in [0.25, 0.3) is 0 Å². The van der Waals surface area contributed by atoms with E-state index >= 15 is 0 Å². The predicted octanol–water partition coefficient (Wildman–Crippen LogP) is 12.0. The van der Waals surface area contributed by atoms with Gasteiger partial charge in [0.15, 0.2) is 34.0 Å². The van der Waals surface area contributed by atoms with Crippen molar-refractivity contribution in [3.05, 3.63) is 24.8 Å². The maximum Gasteiger partial charge on any atom is 0.312 e. The van der Waals surface area contributed by atoms with Crippen LogP contribution in [0.1, 0.15) is 208 Å². The van der Waals surface area contributed by atoms with Gasteiger partial charge in [-0.15, -0.1) is 12.8 Å². The molecule has 1 amide bonds. The average molecular weight is 1000 g/mol. The zero-order chi connectivity index (χ0) is 50.4. The van der Waals surface area contributed by atoms with Crippen molar-refractivity contribution in [3.63, 3.8) is 0 Å². The number of nitrogens with two attached hydrogens (primary N) is 1. The SMILES string of the molecule is C#C[C@]1(CC)O[C@@H](n2cnc3c(N)nc(F)nc32)C[C@@H]1C.C#C[C@]1(CC)O[C@@H](n2cnc3c(NC(=O)CCCCCCCCCCC)nc(F)nc32)C[C@@H]1C.CCCCCCCCCCCC(=O)Cl.[B].[B]. The molecule has 4 aromatic heterocycles. The van der Waals surface area contributed by atoms with Gasteiger partial charge in [0.1, 0.15) is 23.7 Å². The van der Waals surface area contributed by atoms with Crippen molar-refractivity contribution >= 4 is 73.5 Å². The number of imidazole rings is 2.